The molecule has 2 aromatic heterocycles. The minimum atomic E-state index is 0.447. The van der Waals surface area contributed by atoms with E-state index in [1.54, 1.807) is 0 Å². The average molecular weight is 261 g/mol. The van der Waals surface area contributed by atoms with Crippen molar-refractivity contribution >= 4 is 23.4 Å². The first-order valence-electron chi connectivity index (χ1n) is 6.74. The maximum atomic E-state index is 5.49. The number of aromatic amines is 1. The second kappa shape index (κ2) is 4.50. The molecule has 0 bridgehead atoms. The molecule has 0 spiro atoms. The third-order valence-electron chi connectivity index (χ3n) is 4.31. The number of nitrogens with one attached hydrogen (secondary N) is 1. The van der Waals surface area contributed by atoms with Crippen molar-refractivity contribution < 1.29 is 0 Å². The van der Waals surface area contributed by atoms with Gasteiger partial charge >= 0.3 is 0 Å². The highest BCUT2D eigenvalue weighted by Crippen LogP contribution is 2.35. The van der Waals surface area contributed by atoms with Crippen molar-refractivity contribution in [3.63, 3.8) is 0 Å². The molecule has 1 N–H and O–H groups in total. The lowest BCUT2D eigenvalue weighted by molar-refractivity contribution is 0.363. The van der Waals surface area contributed by atoms with Crippen molar-refractivity contribution in [2.45, 2.75) is 45.6 Å². The third kappa shape index (κ3) is 1.79. The number of fused-ring (bicyclic) bond motifs is 1. The summed E-state index contributed by atoms with van der Waals surface area (Å²) < 4.78 is 3.03. The fraction of sp³-hybridized carbons (Fsp3) is 0.571. The van der Waals surface area contributed by atoms with Gasteiger partial charge in [-0.3, -0.25) is 4.57 Å². The van der Waals surface area contributed by atoms with Crippen LogP contribution in [0, 0.1) is 17.6 Å². The lowest BCUT2D eigenvalue weighted by atomic mass is 10.00. The minimum Gasteiger partial charge on any atom is -0.329 e. The molecule has 2 heterocycles. The smallest absolute Gasteiger partial charge is 0.179 e. The maximum absolute atomic E-state index is 5.49. The van der Waals surface area contributed by atoms with Crippen LogP contribution in [-0.2, 0) is 0 Å². The molecule has 1 unspecified atom stereocenters. The van der Waals surface area contributed by atoms with Crippen LogP contribution >= 0.6 is 12.2 Å². The van der Waals surface area contributed by atoms with E-state index in [-0.39, 0.29) is 0 Å². The van der Waals surface area contributed by atoms with Crippen LogP contribution in [0.15, 0.2) is 12.3 Å². The lowest BCUT2D eigenvalue weighted by Gasteiger charge is -2.20. The zero-order valence-corrected chi connectivity index (χ0v) is 11.8. The normalized spacial score (nSPS) is 18.6. The minimum absolute atomic E-state index is 0.447. The van der Waals surface area contributed by atoms with Crippen LogP contribution in [0.5, 0.6) is 0 Å². The maximum Gasteiger partial charge on any atom is 0.179 e. The van der Waals surface area contributed by atoms with E-state index in [0.29, 0.717) is 6.04 Å². The van der Waals surface area contributed by atoms with E-state index in [9.17, 15) is 0 Å². The van der Waals surface area contributed by atoms with E-state index in [4.69, 9.17) is 12.2 Å². The number of hydrogen-bond acceptors (Lipinski definition) is 2. The molecule has 2 aromatic rings. The number of rotatable bonds is 2. The number of imidazole rings is 1. The molecular formula is C14H19N3S. The van der Waals surface area contributed by atoms with Gasteiger partial charge in [0.25, 0.3) is 0 Å². The Bertz CT molecular complexity index is 619. The predicted octanol–water partition coefficient (Wildman–Crippen LogP) is 4.15. The van der Waals surface area contributed by atoms with Gasteiger partial charge in [0.05, 0.1) is 5.52 Å². The molecule has 1 fully saturated rings. The van der Waals surface area contributed by atoms with Crippen molar-refractivity contribution in [2.75, 3.05) is 0 Å². The molecule has 3 rings (SSSR count). The van der Waals surface area contributed by atoms with Gasteiger partial charge in [0, 0.05) is 12.2 Å². The van der Waals surface area contributed by atoms with Crippen molar-refractivity contribution in [3.05, 3.63) is 22.6 Å². The summed E-state index contributed by atoms with van der Waals surface area (Å²) in [6.45, 7) is 4.38. The Labute approximate surface area is 112 Å². The van der Waals surface area contributed by atoms with Crippen LogP contribution in [0.4, 0.5) is 0 Å². The largest absolute Gasteiger partial charge is 0.329 e. The number of aromatic nitrogens is 3. The molecule has 1 saturated carbocycles. The molecule has 96 valence electrons. The zero-order chi connectivity index (χ0) is 12.7. The summed E-state index contributed by atoms with van der Waals surface area (Å²) >= 11 is 5.49. The molecule has 0 amide bonds. The number of H-pyrrole nitrogens is 1. The highest BCUT2D eigenvalue weighted by molar-refractivity contribution is 7.71. The lowest BCUT2D eigenvalue weighted by Crippen LogP contribution is -2.14. The summed E-state index contributed by atoms with van der Waals surface area (Å²) in [5.74, 6) is 0.748. The molecule has 1 aliphatic rings. The topological polar surface area (TPSA) is 33.6 Å². The molecule has 0 aliphatic heterocycles. The van der Waals surface area contributed by atoms with Crippen LogP contribution < -0.4 is 0 Å². The monoisotopic (exact) mass is 261 g/mol. The second-order valence-electron chi connectivity index (χ2n) is 5.41. The SMILES string of the molecule is Cc1ccnc2c1[nH]c(=S)n2C(C)C1CCCC1. The molecule has 0 radical (unpaired) electrons. The van der Waals surface area contributed by atoms with Crippen LogP contribution in [0.3, 0.4) is 0 Å². The Morgan fingerprint density at radius 1 is 1.44 bits per heavy atom. The molecule has 0 saturated heterocycles. The van der Waals surface area contributed by atoms with Crippen molar-refractivity contribution in [2.24, 2.45) is 5.92 Å². The standard InChI is InChI=1S/C14H19N3S/c1-9-7-8-15-13-12(9)16-14(18)17(13)10(2)11-5-3-4-6-11/h7-8,10-11H,3-6H2,1-2H3,(H,16,18). The summed E-state index contributed by atoms with van der Waals surface area (Å²) in [6, 6.07) is 2.47. The Morgan fingerprint density at radius 3 is 2.89 bits per heavy atom. The molecule has 18 heavy (non-hydrogen) atoms. The molecule has 1 atom stereocenters. The first kappa shape index (κ1) is 11.9. The molecular weight excluding hydrogens is 242 g/mol. The van der Waals surface area contributed by atoms with E-state index in [1.165, 1.54) is 31.2 Å². The van der Waals surface area contributed by atoms with Crippen molar-refractivity contribution in [3.8, 4) is 0 Å². The predicted molar refractivity (Wildman–Crippen MR) is 76.3 cm³/mol. The number of hydrogen-bond donors (Lipinski definition) is 1. The molecule has 3 nitrogen and oxygen atoms in total. The van der Waals surface area contributed by atoms with Crippen LogP contribution in [0.25, 0.3) is 11.2 Å². The fourth-order valence-corrected chi connectivity index (χ4v) is 3.53. The molecule has 4 heteroatoms. The van der Waals surface area contributed by atoms with Gasteiger partial charge in [0.1, 0.15) is 0 Å². The van der Waals surface area contributed by atoms with E-state index >= 15 is 0 Å². The van der Waals surface area contributed by atoms with Crippen LogP contribution in [0.1, 0.15) is 44.2 Å². The number of aryl methyl sites for hydroxylation is 1. The Hall–Kier alpha value is -1.16. The highest BCUT2D eigenvalue weighted by Gasteiger charge is 2.25. The van der Waals surface area contributed by atoms with Gasteiger partial charge < -0.3 is 4.98 Å². The summed E-state index contributed by atoms with van der Waals surface area (Å²) in [7, 11) is 0. The fourth-order valence-electron chi connectivity index (χ4n) is 3.17. The molecule has 1 aliphatic carbocycles. The van der Waals surface area contributed by atoms with Crippen LogP contribution in [0.2, 0.25) is 0 Å². The third-order valence-corrected chi connectivity index (χ3v) is 4.61. The Kier molecular flexibility index (Phi) is 2.98. The van der Waals surface area contributed by atoms with Crippen LogP contribution in [-0.4, -0.2) is 14.5 Å². The Morgan fingerprint density at radius 2 is 2.17 bits per heavy atom. The van der Waals surface area contributed by atoms with Crippen molar-refractivity contribution in [1.82, 2.24) is 14.5 Å². The van der Waals surface area contributed by atoms with Gasteiger partial charge in [-0.1, -0.05) is 12.8 Å². The van der Waals surface area contributed by atoms with E-state index in [2.05, 4.69) is 28.4 Å². The van der Waals surface area contributed by atoms with E-state index in [0.717, 1.165) is 21.9 Å². The summed E-state index contributed by atoms with van der Waals surface area (Å²) in [4.78, 5) is 7.84. The van der Waals surface area contributed by atoms with Gasteiger partial charge in [-0.25, -0.2) is 4.98 Å². The van der Waals surface area contributed by atoms with Crippen molar-refractivity contribution in [1.29, 1.82) is 0 Å². The van der Waals surface area contributed by atoms with E-state index in [1.807, 2.05) is 12.3 Å². The summed E-state index contributed by atoms with van der Waals surface area (Å²) in [6.07, 6.45) is 7.23. The Balaban J connectivity index is 2.13. The highest BCUT2D eigenvalue weighted by atomic mass is 32.1. The molecule has 0 aromatic carbocycles. The van der Waals surface area contributed by atoms with Gasteiger partial charge in [-0.05, 0) is 56.5 Å². The average Bonchev–Trinajstić information content (AvgIpc) is 2.96. The van der Waals surface area contributed by atoms with Gasteiger partial charge in [0.15, 0.2) is 10.4 Å². The number of nitrogens with zero attached hydrogens (tertiary/aromatic N) is 2. The van der Waals surface area contributed by atoms with Gasteiger partial charge in [0.2, 0.25) is 0 Å². The summed E-state index contributed by atoms with van der Waals surface area (Å²) in [5, 5.41) is 0. The summed E-state index contributed by atoms with van der Waals surface area (Å²) in [5.41, 5.74) is 3.32. The number of pyridine rings is 1. The first-order valence-corrected chi connectivity index (χ1v) is 7.15. The van der Waals surface area contributed by atoms with E-state index < -0.39 is 0 Å². The van der Waals surface area contributed by atoms with Gasteiger partial charge in [-0.2, -0.15) is 0 Å². The van der Waals surface area contributed by atoms with Gasteiger partial charge in [-0.15, -0.1) is 0 Å². The first-order chi connectivity index (χ1) is 8.68. The quantitative estimate of drug-likeness (QED) is 0.824. The second-order valence-corrected chi connectivity index (χ2v) is 5.80. The zero-order valence-electron chi connectivity index (χ0n) is 10.9.